The molecule has 8 heteroatoms. The molecule has 0 radical (unpaired) electrons. The topological polar surface area (TPSA) is 116 Å². The minimum Gasteiger partial charge on any atom is -0.426 e. The van der Waals surface area contributed by atoms with Gasteiger partial charge in [0.2, 0.25) is 11.7 Å². The number of hydrogen-bond acceptors (Lipinski definition) is 6. The predicted octanol–water partition coefficient (Wildman–Crippen LogP) is 0.861. The van der Waals surface area contributed by atoms with Crippen LogP contribution in [0.2, 0.25) is 0 Å². The van der Waals surface area contributed by atoms with Crippen LogP contribution in [0.3, 0.4) is 0 Å². The fraction of sp³-hybridized carbons (Fsp3) is 0.421. The van der Waals surface area contributed by atoms with Gasteiger partial charge in [-0.3, -0.25) is 14.4 Å². The molecule has 7 nitrogen and oxygen atoms in total. The molecule has 1 aromatic rings. The predicted molar refractivity (Wildman–Crippen MR) is 102 cm³/mol. The normalized spacial score (nSPS) is 16.1. The summed E-state index contributed by atoms with van der Waals surface area (Å²) in [6.07, 6.45) is 0.392. The highest BCUT2D eigenvalue weighted by Gasteiger charge is 2.32. The Hall–Kier alpha value is -2.45. The van der Waals surface area contributed by atoms with E-state index in [1.54, 1.807) is 38.1 Å². The Bertz CT molecular complexity index is 788. The first-order valence-electron chi connectivity index (χ1n) is 8.95. The Balaban J connectivity index is 2.16. The number of carbonyl (C=O) groups excluding carboxylic acids is 3. The van der Waals surface area contributed by atoms with Crippen LogP contribution in [0.1, 0.15) is 54.8 Å². The summed E-state index contributed by atoms with van der Waals surface area (Å²) in [6, 6.07) is 5.71. The molecule has 2 rings (SSSR count). The van der Waals surface area contributed by atoms with Crippen molar-refractivity contribution in [1.29, 1.82) is 0 Å². The first kappa shape index (κ1) is 20.9. The van der Waals surface area contributed by atoms with Crippen LogP contribution in [-0.2, 0) is 4.79 Å². The van der Waals surface area contributed by atoms with Gasteiger partial charge < -0.3 is 20.7 Å². The molecule has 27 heavy (non-hydrogen) atoms. The Morgan fingerprint density at radius 3 is 2.15 bits per heavy atom. The van der Waals surface area contributed by atoms with E-state index in [9.17, 15) is 24.4 Å². The van der Waals surface area contributed by atoms with Crippen molar-refractivity contribution in [2.24, 2.45) is 5.92 Å². The summed E-state index contributed by atoms with van der Waals surface area (Å²) >= 11 is 0. The molecule has 1 aromatic carbocycles. The molecule has 0 bridgehead atoms. The molecule has 0 unspecified atom stereocenters. The smallest absolute Gasteiger partial charge is 0.426 e. The van der Waals surface area contributed by atoms with E-state index < -0.39 is 25.0 Å². The van der Waals surface area contributed by atoms with Gasteiger partial charge in [-0.15, -0.1) is 0 Å². The summed E-state index contributed by atoms with van der Waals surface area (Å²) in [5.41, 5.74) is 0.986. The fourth-order valence-electron chi connectivity index (χ4n) is 3.03. The average Bonchev–Trinajstić information content (AvgIpc) is 2.62. The molecule has 1 aliphatic carbocycles. The van der Waals surface area contributed by atoms with Crippen LogP contribution in [0.15, 0.2) is 35.5 Å². The number of carbonyl (C=O) groups is 3. The Kier molecular flexibility index (Phi) is 6.56. The lowest BCUT2D eigenvalue weighted by atomic mass is 9.75. The van der Waals surface area contributed by atoms with Gasteiger partial charge in [-0.1, -0.05) is 38.1 Å². The number of nitrogens with one attached hydrogen (secondary N) is 2. The van der Waals surface area contributed by atoms with Crippen LogP contribution in [0.4, 0.5) is 0 Å². The Morgan fingerprint density at radius 1 is 1.07 bits per heavy atom. The number of allylic oxidation sites excluding steroid dienone is 2. The Morgan fingerprint density at radius 2 is 1.63 bits per heavy atom. The summed E-state index contributed by atoms with van der Waals surface area (Å²) < 4.78 is 0. The van der Waals surface area contributed by atoms with Gasteiger partial charge in [-0.2, -0.15) is 0 Å². The van der Waals surface area contributed by atoms with E-state index in [2.05, 4.69) is 10.6 Å². The molecular formula is C19H25BN2O5. The van der Waals surface area contributed by atoms with E-state index >= 15 is 0 Å². The van der Waals surface area contributed by atoms with Crippen molar-refractivity contribution in [3.8, 4) is 0 Å². The third-order valence-electron chi connectivity index (χ3n) is 4.53. The molecule has 0 fully saturated rings. The molecule has 144 valence electrons. The molecule has 0 aromatic heterocycles. The summed E-state index contributed by atoms with van der Waals surface area (Å²) in [4.78, 5) is 37.7. The zero-order valence-corrected chi connectivity index (χ0v) is 15.9. The van der Waals surface area contributed by atoms with Gasteiger partial charge in [-0.05, 0) is 26.2 Å². The highest BCUT2D eigenvalue weighted by atomic mass is 16.4. The van der Waals surface area contributed by atoms with E-state index in [-0.39, 0.29) is 28.8 Å². The van der Waals surface area contributed by atoms with Crippen LogP contribution in [-0.4, -0.2) is 46.6 Å². The SMILES string of the molecule is CC1=C(N[C@@H](C)C(=O)N[C@@H](CC(C)C)B(O)O)C(=O)c2ccccc2C1=O. The van der Waals surface area contributed by atoms with Crippen LogP contribution < -0.4 is 10.6 Å². The van der Waals surface area contributed by atoms with Crippen LogP contribution in [0.5, 0.6) is 0 Å². The van der Waals surface area contributed by atoms with Crippen molar-refractivity contribution in [3.05, 3.63) is 46.7 Å². The van der Waals surface area contributed by atoms with Crippen molar-refractivity contribution in [2.75, 3.05) is 0 Å². The molecule has 1 amide bonds. The standard InChI is InChI=1S/C19H25BN2O5/c1-10(2)9-15(20(26)27)22-19(25)12(4)21-16-11(3)17(23)13-7-5-6-8-14(13)18(16)24/h5-8,10,12,15,21,26-27H,9H2,1-4H3,(H,22,25)/t12-,15-/m0/s1. The van der Waals surface area contributed by atoms with Crippen LogP contribution in [0.25, 0.3) is 0 Å². The van der Waals surface area contributed by atoms with Gasteiger partial charge in [-0.25, -0.2) is 0 Å². The van der Waals surface area contributed by atoms with E-state index in [0.29, 0.717) is 17.5 Å². The first-order chi connectivity index (χ1) is 12.6. The minimum absolute atomic E-state index is 0.0892. The first-order valence-corrected chi connectivity index (χ1v) is 8.95. The van der Waals surface area contributed by atoms with E-state index in [1.807, 2.05) is 13.8 Å². The lowest BCUT2D eigenvalue weighted by Gasteiger charge is -2.25. The molecule has 0 saturated carbocycles. The van der Waals surface area contributed by atoms with Crippen molar-refractivity contribution in [2.45, 2.75) is 46.1 Å². The number of Topliss-reactive ketones (excluding diaryl/α,β-unsaturated/α-hetero) is 2. The lowest BCUT2D eigenvalue weighted by molar-refractivity contribution is -0.123. The number of benzene rings is 1. The van der Waals surface area contributed by atoms with Crippen molar-refractivity contribution < 1.29 is 24.4 Å². The number of amides is 1. The van der Waals surface area contributed by atoms with E-state index in [4.69, 9.17) is 0 Å². The number of hydrogen-bond donors (Lipinski definition) is 4. The maximum Gasteiger partial charge on any atom is 0.475 e. The maximum absolute atomic E-state index is 12.7. The number of fused-ring (bicyclic) bond motifs is 1. The number of rotatable bonds is 7. The number of ketones is 2. The third kappa shape index (κ3) is 4.64. The molecule has 0 aliphatic heterocycles. The van der Waals surface area contributed by atoms with Gasteiger partial charge >= 0.3 is 7.12 Å². The van der Waals surface area contributed by atoms with Gasteiger partial charge in [0.15, 0.2) is 5.78 Å². The summed E-state index contributed by atoms with van der Waals surface area (Å²) in [6.45, 7) is 6.90. The highest BCUT2D eigenvalue weighted by molar-refractivity contribution is 6.43. The van der Waals surface area contributed by atoms with Gasteiger partial charge in [0.05, 0.1) is 11.6 Å². The quantitative estimate of drug-likeness (QED) is 0.528. The van der Waals surface area contributed by atoms with Gasteiger partial charge in [0.25, 0.3) is 0 Å². The monoisotopic (exact) mass is 372 g/mol. The zero-order valence-electron chi connectivity index (χ0n) is 15.9. The van der Waals surface area contributed by atoms with Crippen molar-refractivity contribution >= 4 is 24.6 Å². The maximum atomic E-state index is 12.7. The van der Waals surface area contributed by atoms with Gasteiger partial charge in [0, 0.05) is 16.7 Å². The molecule has 0 heterocycles. The zero-order chi connectivity index (χ0) is 20.3. The largest absolute Gasteiger partial charge is 0.475 e. The Labute approximate surface area is 159 Å². The third-order valence-corrected chi connectivity index (χ3v) is 4.53. The summed E-state index contributed by atoms with van der Waals surface area (Å²) in [5.74, 6) is -1.76. The van der Waals surface area contributed by atoms with Gasteiger partial charge in [0.1, 0.15) is 6.04 Å². The fourth-order valence-corrected chi connectivity index (χ4v) is 3.03. The second-order valence-corrected chi connectivity index (χ2v) is 7.23. The highest BCUT2D eigenvalue weighted by Crippen LogP contribution is 2.25. The second-order valence-electron chi connectivity index (χ2n) is 7.23. The molecule has 4 N–H and O–H groups in total. The molecular weight excluding hydrogens is 347 g/mol. The lowest BCUT2D eigenvalue weighted by Crippen LogP contribution is -2.53. The van der Waals surface area contributed by atoms with E-state index in [0.717, 1.165) is 0 Å². The van der Waals surface area contributed by atoms with Crippen LogP contribution in [0, 0.1) is 5.92 Å². The summed E-state index contributed by atoms with van der Waals surface area (Å²) in [5, 5.41) is 24.3. The van der Waals surface area contributed by atoms with Crippen LogP contribution >= 0.6 is 0 Å². The minimum atomic E-state index is -1.69. The van der Waals surface area contributed by atoms with Crippen molar-refractivity contribution in [3.63, 3.8) is 0 Å². The van der Waals surface area contributed by atoms with Crippen molar-refractivity contribution in [1.82, 2.24) is 10.6 Å². The molecule has 1 aliphatic rings. The van der Waals surface area contributed by atoms with E-state index in [1.165, 1.54) is 0 Å². The average molecular weight is 372 g/mol. The molecule has 2 atom stereocenters. The molecule has 0 spiro atoms. The summed E-state index contributed by atoms with van der Waals surface area (Å²) in [7, 11) is -1.69. The molecule has 0 saturated heterocycles. The second kappa shape index (κ2) is 8.50.